The van der Waals surface area contributed by atoms with Gasteiger partial charge in [0.2, 0.25) is 0 Å². The van der Waals surface area contributed by atoms with E-state index in [1.165, 1.54) is 24.5 Å². The van der Waals surface area contributed by atoms with Crippen LogP contribution < -0.4 is 5.73 Å². The Kier molecular flexibility index (Phi) is 2.82. The van der Waals surface area contributed by atoms with Gasteiger partial charge in [-0.2, -0.15) is 0 Å². The van der Waals surface area contributed by atoms with Gasteiger partial charge in [0.1, 0.15) is 0 Å². The first-order valence-corrected chi connectivity index (χ1v) is 4.79. The summed E-state index contributed by atoms with van der Waals surface area (Å²) in [5, 5.41) is 0. The van der Waals surface area contributed by atoms with Crippen LogP contribution in [-0.2, 0) is 0 Å². The fraction of sp³-hybridized carbons (Fsp3) is 0. The van der Waals surface area contributed by atoms with Crippen molar-refractivity contribution >= 4 is 11.5 Å². The van der Waals surface area contributed by atoms with Gasteiger partial charge in [-0.15, -0.1) is 0 Å². The molecular formula is C12H8F2N2O. The molecular weight excluding hydrogens is 226 g/mol. The first kappa shape index (κ1) is 11.2. The van der Waals surface area contributed by atoms with Crippen molar-refractivity contribution in [3.8, 4) is 0 Å². The van der Waals surface area contributed by atoms with Crippen molar-refractivity contribution in [2.75, 3.05) is 5.73 Å². The lowest BCUT2D eigenvalue weighted by Crippen LogP contribution is -2.07. The zero-order chi connectivity index (χ0) is 12.4. The van der Waals surface area contributed by atoms with Gasteiger partial charge in [0.25, 0.3) is 0 Å². The van der Waals surface area contributed by atoms with Gasteiger partial charge in [0.05, 0.1) is 0 Å². The molecule has 0 aliphatic rings. The molecule has 0 radical (unpaired) electrons. The van der Waals surface area contributed by atoms with Crippen LogP contribution in [0.1, 0.15) is 15.9 Å². The number of nitrogens with zero attached hydrogens (tertiary/aromatic N) is 1. The summed E-state index contributed by atoms with van der Waals surface area (Å²) in [4.78, 5) is 15.7. The highest BCUT2D eigenvalue weighted by atomic mass is 19.2. The summed E-state index contributed by atoms with van der Waals surface area (Å²) in [5.41, 5.74) is 5.65. The third-order valence-corrected chi connectivity index (χ3v) is 2.28. The zero-order valence-corrected chi connectivity index (χ0v) is 8.65. The molecule has 0 saturated carbocycles. The summed E-state index contributed by atoms with van der Waals surface area (Å²) in [5.74, 6) is -2.64. The minimum Gasteiger partial charge on any atom is -0.398 e. The summed E-state index contributed by atoms with van der Waals surface area (Å²) in [6.07, 6.45) is 2.87. The molecule has 0 aliphatic carbocycles. The SMILES string of the molecule is Nc1cc(F)c(F)cc1C(=O)c1ccncc1. The topological polar surface area (TPSA) is 56.0 Å². The minimum absolute atomic E-state index is 0.0601. The van der Waals surface area contributed by atoms with Crippen molar-refractivity contribution in [3.63, 3.8) is 0 Å². The van der Waals surface area contributed by atoms with Gasteiger partial charge in [0.15, 0.2) is 17.4 Å². The number of hydrogen-bond donors (Lipinski definition) is 1. The Labute approximate surface area is 95.9 Å². The van der Waals surface area contributed by atoms with Crippen LogP contribution in [0, 0.1) is 11.6 Å². The molecule has 0 spiro atoms. The van der Waals surface area contributed by atoms with Gasteiger partial charge in [0, 0.05) is 35.3 Å². The average Bonchev–Trinajstić information content (AvgIpc) is 2.34. The zero-order valence-electron chi connectivity index (χ0n) is 8.65. The molecule has 0 atom stereocenters. The fourth-order valence-corrected chi connectivity index (χ4v) is 1.42. The molecule has 2 aromatic rings. The van der Waals surface area contributed by atoms with Gasteiger partial charge in [-0.25, -0.2) is 8.78 Å². The molecule has 1 aromatic heterocycles. The number of ketones is 1. The van der Waals surface area contributed by atoms with Crippen LogP contribution in [0.2, 0.25) is 0 Å². The fourth-order valence-electron chi connectivity index (χ4n) is 1.42. The molecule has 1 heterocycles. The maximum Gasteiger partial charge on any atom is 0.195 e. The molecule has 3 nitrogen and oxygen atoms in total. The summed E-state index contributed by atoms with van der Waals surface area (Å²) in [7, 11) is 0. The smallest absolute Gasteiger partial charge is 0.195 e. The standard InChI is InChI=1S/C12H8F2N2O/c13-9-5-8(11(15)6-10(9)14)12(17)7-1-3-16-4-2-7/h1-6H,15H2. The molecule has 0 aliphatic heterocycles. The van der Waals surface area contributed by atoms with Crippen LogP contribution >= 0.6 is 0 Å². The summed E-state index contributed by atoms with van der Waals surface area (Å²) in [6.45, 7) is 0. The highest BCUT2D eigenvalue weighted by Gasteiger charge is 2.15. The van der Waals surface area contributed by atoms with Gasteiger partial charge in [-0.05, 0) is 18.2 Å². The number of anilines is 1. The molecule has 86 valence electrons. The van der Waals surface area contributed by atoms with Gasteiger partial charge >= 0.3 is 0 Å². The maximum atomic E-state index is 13.0. The predicted molar refractivity (Wildman–Crippen MR) is 58.4 cm³/mol. The predicted octanol–water partition coefficient (Wildman–Crippen LogP) is 2.17. The van der Waals surface area contributed by atoms with Crippen molar-refractivity contribution in [3.05, 3.63) is 59.4 Å². The molecule has 0 amide bonds. The summed E-state index contributed by atoms with van der Waals surface area (Å²) in [6, 6.07) is 4.54. The number of carbonyl (C=O) groups excluding carboxylic acids is 1. The summed E-state index contributed by atoms with van der Waals surface area (Å²) < 4.78 is 25.9. The molecule has 0 saturated heterocycles. The van der Waals surface area contributed by atoms with Crippen molar-refractivity contribution in [2.45, 2.75) is 0 Å². The molecule has 0 bridgehead atoms. The average molecular weight is 234 g/mol. The van der Waals surface area contributed by atoms with E-state index in [4.69, 9.17) is 5.73 Å². The van der Waals surface area contributed by atoms with E-state index >= 15 is 0 Å². The molecule has 0 unspecified atom stereocenters. The Balaban J connectivity index is 2.48. The van der Waals surface area contributed by atoms with Crippen molar-refractivity contribution < 1.29 is 13.6 Å². The molecule has 17 heavy (non-hydrogen) atoms. The van der Waals surface area contributed by atoms with E-state index in [1.54, 1.807) is 0 Å². The first-order chi connectivity index (χ1) is 8.09. The van der Waals surface area contributed by atoms with Crippen LogP contribution in [-0.4, -0.2) is 10.8 Å². The maximum absolute atomic E-state index is 13.0. The van der Waals surface area contributed by atoms with E-state index in [0.29, 0.717) is 5.56 Å². The lowest BCUT2D eigenvalue weighted by atomic mass is 10.0. The second-order valence-corrected chi connectivity index (χ2v) is 3.42. The molecule has 5 heteroatoms. The molecule has 1 aromatic carbocycles. The van der Waals surface area contributed by atoms with Crippen LogP contribution in [0.5, 0.6) is 0 Å². The Morgan fingerprint density at radius 1 is 1.12 bits per heavy atom. The van der Waals surface area contributed by atoms with Crippen molar-refractivity contribution in [2.24, 2.45) is 0 Å². The normalized spacial score (nSPS) is 10.2. The molecule has 2 N–H and O–H groups in total. The van der Waals surface area contributed by atoms with Crippen LogP contribution in [0.4, 0.5) is 14.5 Å². The van der Waals surface area contributed by atoms with Gasteiger partial charge < -0.3 is 5.73 Å². The van der Waals surface area contributed by atoms with Crippen LogP contribution in [0.3, 0.4) is 0 Å². The monoisotopic (exact) mass is 234 g/mol. The van der Waals surface area contributed by atoms with Crippen molar-refractivity contribution in [1.82, 2.24) is 4.98 Å². The lowest BCUT2D eigenvalue weighted by molar-refractivity contribution is 0.103. The first-order valence-electron chi connectivity index (χ1n) is 4.79. The van der Waals surface area contributed by atoms with E-state index in [-0.39, 0.29) is 11.3 Å². The molecule has 2 rings (SSSR count). The van der Waals surface area contributed by atoms with Gasteiger partial charge in [-0.1, -0.05) is 0 Å². The van der Waals surface area contributed by atoms with Gasteiger partial charge in [-0.3, -0.25) is 9.78 Å². The second kappa shape index (κ2) is 4.29. The third kappa shape index (κ3) is 2.13. The molecule has 0 fully saturated rings. The highest BCUT2D eigenvalue weighted by Crippen LogP contribution is 2.20. The largest absolute Gasteiger partial charge is 0.398 e. The van der Waals surface area contributed by atoms with E-state index in [9.17, 15) is 13.6 Å². The summed E-state index contributed by atoms with van der Waals surface area (Å²) >= 11 is 0. The minimum atomic E-state index is -1.10. The number of pyridine rings is 1. The number of aromatic nitrogens is 1. The number of hydrogen-bond acceptors (Lipinski definition) is 3. The second-order valence-electron chi connectivity index (χ2n) is 3.42. The Hall–Kier alpha value is -2.30. The Bertz CT molecular complexity index is 570. The number of halogens is 2. The number of rotatable bonds is 2. The van der Waals surface area contributed by atoms with E-state index in [0.717, 1.165) is 12.1 Å². The number of nitrogens with two attached hydrogens (primary N) is 1. The Morgan fingerprint density at radius 3 is 2.35 bits per heavy atom. The quantitative estimate of drug-likeness (QED) is 0.640. The van der Waals surface area contributed by atoms with E-state index in [2.05, 4.69) is 4.98 Å². The van der Waals surface area contributed by atoms with E-state index in [1.807, 2.05) is 0 Å². The number of nitrogen functional groups attached to an aromatic ring is 1. The van der Waals surface area contributed by atoms with Crippen LogP contribution in [0.15, 0.2) is 36.7 Å². The number of benzene rings is 1. The van der Waals surface area contributed by atoms with Crippen LogP contribution in [0.25, 0.3) is 0 Å². The lowest BCUT2D eigenvalue weighted by Gasteiger charge is -2.05. The third-order valence-electron chi connectivity index (χ3n) is 2.28. The number of carbonyl (C=O) groups is 1. The Morgan fingerprint density at radius 2 is 1.71 bits per heavy atom. The van der Waals surface area contributed by atoms with Crippen molar-refractivity contribution in [1.29, 1.82) is 0 Å². The van der Waals surface area contributed by atoms with E-state index < -0.39 is 17.4 Å². The highest BCUT2D eigenvalue weighted by molar-refractivity contribution is 6.11.